The number of rotatable bonds is 3. The molecule has 120 valence electrons. The highest BCUT2D eigenvalue weighted by Gasteiger charge is 2.15. The Morgan fingerprint density at radius 1 is 1.12 bits per heavy atom. The second-order valence-electron chi connectivity index (χ2n) is 5.84. The summed E-state index contributed by atoms with van der Waals surface area (Å²) in [6.45, 7) is 0.0962. The number of aromatic nitrogens is 3. The summed E-state index contributed by atoms with van der Waals surface area (Å²) in [4.78, 5) is 12.2. The van der Waals surface area contributed by atoms with E-state index in [1.54, 1.807) is 4.68 Å². The van der Waals surface area contributed by atoms with Crippen LogP contribution in [0.5, 0.6) is 0 Å². The van der Waals surface area contributed by atoms with Gasteiger partial charge in [-0.1, -0.05) is 41.6 Å². The Kier molecular flexibility index (Phi) is 3.78. The molecule has 0 spiro atoms. The summed E-state index contributed by atoms with van der Waals surface area (Å²) in [7, 11) is 0. The van der Waals surface area contributed by atoms with Crippen LogP contribution in [0, 0.1) is 0 Å². The molecule has 6 heteroatoms. The second-order valence-corrected chi connectivity index (χ2v) is 5.84. The average Bonchev–Trinajstić information content (AvgIpc) is 3.03. The molecule has 1 aliphatic rings. The first-order valence-electron chi connectivity index (χ1n) is 8.03. The normalized spacial score (nSPS) is 15.4. The van der Waals surface area contributed by atoms with Gasteiger partial charge in [-0.3, -0.25) is 4.79 Å². The van der Waals surface area contributed by atoms with Crippen LogP contribution in [0.4, 0.5) is 0 Å². The van der Waals surface area contributed by atoms with E-state index in [1.165, 1.54) is 5.56 Å². The Bertz CT molecular complexity index is 928. The minimum atomic E-state index is -0.207. The van der Waals surface area contributed by atoms with Crippen molar-refractivity contribution >= 4 is 22.7 Å². The van der Waals surface area contributed by atoms with Crippen molar-refractivity contribution in [1.29, 1.82) is 0 Å². The van der Waals surface area contributed by atoms with E-state index >= 15 is 0 Å². The van der Waals surface area contributed by atoms with Gasteiger partial charge in [-0.25, -0.2) is 10.1 Å². The predicted molar refractivity (Wildman–Crippen MR) is 91.6 cm³/mol. The lowest BCUT2D eigenvalue weighted by atomic mass is 9.90. The van der Waals surface area contributed by atoms with Crippen molar-refractivity contribution in [2.75, 3.05) is 0 Å². The molecule has 0 atom stereocenters. The highest BCUT2D eigenvalue weighted by molar-refractivity contribution is 6.03. The largest absolute Gasteiger partial charge is 0.271 e. The van der Waals surface area contributed by atoms with Crippen LogP contribution in [0.15, 0.2) is 53.6 Å². The van der Waals surface area contributed by atoms with Gasteiger partial charge in [-0.2, -0.15) is 5.10 Å². The van der Waals surface area contributed by atoms with Gasteiger partial charge in [0.25, 0.3) is 5.91 Å². The van der Waals surface area contributed by atoms with Gasteiger partial charge in [0.2, 0.25) is 0 Å². The number of amides is 1. The summed E-state index contributed by atoms with van der Waals surface area (Å²) in [5.41, 5.74) is 7.63. The fourth-order valence-electron chi connectivity index (χ4n) is 3.05. The monoisotopic (exact) mass is 319 g/mol. The fourth-order valence-corrected chi connectivity index (χ4v) is 3.05. The molecular formula is C18H17N5O. The fraction of sp³-hybridized carbons (Fsp3) is 0.222. The molecule has 1 aliphatic carbocycles. The lowest BCUT2D eigenvalue weighted by Crippen LogP contribution is -2.26. The molecule has 0 bridgehead atoms. The van der Waals surface area contributed by atoms with Crippen LogP contribution >= 0.6 is 0 Å². The molecule has 4 rings (SSSR count). The Hall–Kier alpha value is -3.02. The SMILES string of the molecule is O=C(Cn1nnc2ccccc21)N/N=C1\CCCc2ccccc21. The van der Waals surface area contributed by atoms with Gasteiger partial charge in [0.1, 0.15) is 12.1 Å². The molecule has 6 nitrogen and oxygen atoms in total. The van der Waals surface area contributed by atoms with Crippen molar-refractivity contribution in [3.8, 4) is 0 Å². The third kappa shape index (κ3) is 2.78. The summed E-state index contributed by atoms with van der Waals surface area (Å²) in [5, 5.41) is 12.4. The van der Waals surface area contributed by atoms with E-state index in [0.717, 1.165) is 41.6 Å². The van der Waals surface area contributed by atoms with Gasteiger partial charge in [0.05, 0.1) is 11.2 Å². The smallest absolute Gasteiger partial charge is 0.261 e. The maximum Gasteiger partial charge on any atom is 0.261 e. The van der Waals surface area contributed by atoms with Crippen molar-refractivity contribution < 1.29 is 4.79 Å². The third-order valence-electron chi connectivity index (χ3n) is 4.22. The Morgan fingerprint density at radius 2 is 1.96 bits per heavy atom. The Balaban J connectivity index is 1.49. The Labute approximate surface area is 139 Å². The first kappa shape index (κ1) is 14.6. The van der Waals surface area contributed by atoms with E-state index in [0.29, 0.717) is 0 Å². The third-order valence-corrected chi connectivity index (χ3v) is 4.22. The summed E-state index contributed by atoms with van der Waals surface area (Å²) in [6.07, 6.45) is 3.00. The number of para-hydroxylation sites is 1. The first-order valence-corrected chi connectivity index (χ1v) is 8.03. The molecular weight excluding hydrogens is 302 g/mol. The summed E-state index contributed by atoms with van der Waals surface area (Å²) >= 11 is 0. The number of carbonyl (C=O) groups excluding carboxylic acids is 1. The van der Waals surface area contributed by atoms with Crippen molar-refractivity contribution in [3.05, 3.63) is 59.7 Å². The van der Waals surface area contributed by atoms with E-state index in [9.17, 15) is 4.79 Å². The predicted octanol–water partition coefficient (Wildman–Crippen LogP) is 2.29. The van der Waals surface area contributed by atoms with E-state index in [2.05, 4.69) is 33.0 Å². The highest BCUT2D eigenvalue weighted by atomic mass is 16.2. The number of hydrazone groups is 1. The zero-order valence-corrected chi connectivity index (χ0v) is 13.1. The average molecular weight is 319 g/mol. The van der Waals surface area contributed by atoms with Gasteiger partial charge in [0, 0.05) is 5.56 Å². The van der Waals surface area contributed by atoms with Crippen LogP contribution in [0.25, 0.3) is 11.0 Å². The van der Waals surface area contributed by atoms with Crippen molar-refractivity contribution in [3.63, 3.8) is 0 Å². The van der Waals surface area contributed by atoms with Gasteiger partial charge in [0.15, 0.2) is 0 Å². The molecule has 0 saturated carbocycles. The Morgan fingerprint density at radius 3 is 2.92 bits per heavy atom. The summed E-state index contributed by atoms with van der Waals surface area (Å²) < 4.78 is 1.58. The van der Waals surface area contributed by atoms with Gasteiger partial charge in [-0.15, -0.1) is 5.10 Å². The second kappa shape index (κ2) is 6.23. The zero-order chi connectivity index (χ0) is 16.4. The minimum Gasteiger partial charge on any atom is -0.271 e. The number of fused-ring (bicyclic) bond motifs is 2. The first-order chi connectivity index (χ1) is 11.8. The van der Waals surface area contributed by atoms with E-state index < -0.39 is 0 Å². The molecule has 0 unspecified atom stereocenters. The topological polar surface area (TPSA) is 72.2 Å². The molecule has 24 heavy (non-hydrogen) atoms. The lowest BCUT2D eigenvalue weighted by molar-refractivity contribution is -0.121. The zero-order valence-electron chi connectivity index (χ0n) is 13.1. The highest BCUT2D eigenvalue weighted by Crippen LogP contribution is 2.21. The molecule has 0 aliphatic heterocycles. The molecule has 1 amide bonds. The van der Waals surface area contributed by atoms with Crippen LogP contribution in [0.1, 0.15) is 24.0 Å². The van der Waals surface area contributed by atoms with Crippen molar-refractivity contribution in [2.45, 2.75) is 25.8 Å². The number of nitrogens with zero attached hydrogens (tertiary/aromatic N) is 4. The molecule has 1 N–H and O–H groups in total. The summed E-state index contributed by atoms with van der Waals surface area (Å²) in [6, 6.07) is 15.8. The van der Waals surface area contributed by atoms with Crippen molar-refractivity contribution in [2.24, 2.45) is 5.10 Å². The maximum atomic E-state index is 12.2. The number of carbonyl (C=O) groups is 1. The van der Waals surface area contributed by atoms with Gasteiger partial charge >= 0.3 is 0 Å². The van der Waals surface area contributed by atoms with E-state index in [-0.39, 0.29) is 12.5 Å². The number of hydrogen-bond acceptors (Lipinski definition) is 4. The standard InChI is InChI=1S/C18H17N5O/c24-18(12-23-17-11-4-3-9-16(17)20-22-23)21-19-15-10-5-7-13-6-1-2-8-14(13)15/h1-4,6,8-9,11H,5,7,10,12H2,(H,21,24)/b19-15+. The molecule has 1 aromatic heterocycles. The minimum absolute atomic E-state index is 0.0962. The van der Waals surface area contributed by atoms with E-state index in [1.807, 2.05) is 36.4 Å². The number of hydrogen-bond donors (Lipinski definition) is 1. The quantitative estimate of drug-likeness (QED) is 0.753. The van der Waals surface area contributed by atoms with Crippen LogP contribution in [-0.2, 0) is 17.8 Å². The van der Waals surface area contributed by atoms with Crippen LogP contribution in [-0.4, -0.2) is 26.6 Å². The number of aryl methyl sites for hydroxylation is 1. The van der Waals surface area contributed by atoms with Gasteiger partial charge in [-0.05, 0) is 37.0 Å². The van der Waals surface area contributed by atoms with E-state index in [4.69, 9.17) is 0 Å². The molecule has 3 aromatic rings. The molecule has 2 aromatic carbocycles. The molecule has 1 heterocycles. The maximum absolute atomic E-state index is 12.2. The van der Waals surface area contributed by atoms with Crippen LogP contribution in [0.2, 0.25) is 0 Å². The van der Waals surface area contributed by atoms with Crippen LogP contribution < -0.4 is 5.43 Å². The summed E-state index contributed by atoms with van der Waals surface area (Å²) in [5.74, 6) is -0.207. The number of nitrogens with one attached hydrogen (secondary N) is 1. The molecule has 0 fully saturated rings. The van der Waals surface area contributed by atoms with Crippen molar-refractivity contribution in [1.82, 2.24) is 20.4 Å². The van der Waals surface area contributed by atoms with Crippen LogP contribution in [0.3, 0.4) is 0 Å². The number of benzene rings is 2. The van der Waals surface area contributed by atoms with Gasteiger partial charge < -0.3 is 0 Å². The molecule has 0 saturated heterocycles. The molecule has 0 radical (unpaired) electrons. The lowest BCUT2D eigenvalue weighted by Gasteiger charge is -2.17.